The molecule has 0 radical (unpaired) electrons. The van der Waals surface area contributed by atoms with Crippen molar-refractivity contribution in [2.45, 2.75) is 12.6 Å². The van der Waals surface area contributed by atoms with E-state index < -0.39 is 0 Å². The Morgan fingerprint density at radius 3 is 2.41 bits per heavy atom. The number of aromatic nitrogens is 4. The molecule has 1 atom stereocenters. The lowest BCUT2D eigenvalue weighted by molar-refractivity contribution is -0.0000188. The minimum Gasteiger partial charge on any atom is -1.00 e. The number of amides is 1. The second-order valence-electron chi connectivity index (χ2n) is 8.50. The van der Waals surface area contributed by atoms with Crippen LogP contribution >= 0.6 is 0 Å². The number of hydrogen-bond donors (Lipinski definition) is 0. The van der Waals surface area contributed by atoms with Crippen molar-refractivity contribution in [3.63, 3.8) is 0 Å². The van der Waals surface area contributed by atoms with Crippen LogP contribution in [0.25, 0.3) is 0 Å². The van der Waals surface area contributed by atoms with Crippen molar-refractivity contribution in [1.82, 2.24) is 30.0 Å². The third-order valence-corrected chi connectivity index (χ3v) is 6.40. The average molecular weight is 524 g/mol. The van der Waals surface area contributed by atoms with Crippen LogP contribution in [0.3, 0.4) is 0 Å². The maximum atomic E-state index is 12.8. The highest BCUT2D eigenvalue weighted by Crippen LogP contribution is 2.35. The summed E-state index contributed by atoms with van der Waals surface area (Å²) < 4.78 is 18.2. The van der Waals surface area contributed by atoms with E-state index in [0.29, 0.717) is 50.0 Å². The van der Waals surface area contributed by atoms with Crippen LogP contribution in [0.1, 0.15) is 33.5 Å². The summed E-state index contributed by atoms with van der Waals surface area (Å²) in [6, 6.07) is 19.1. The summed E-state index contributed by atoms with van der Waals surface area (Å²) in [6.07, 6.45) is 1.52. The van der Waals surface area contributed by atoms with Gasteiger partial charge in [0.05, 0.1) is 33.1 Å². The topological polar surface area (TPSA) is 98.8 Å². The van der Waals surface area contributed by atoms with Crippen LogP contribution in [0.5, 0.6) is 11.5 Å². The van der Waals surface area contributed by atoms with E-state index in [4.69, 9.17) is 13.9 Å². The molecule has 5 rings (SSSR count). The number of halogens is 1. The van der Waals surface area contributed by atoms with Crippen molar-refractivity contribution in [1.29, 1.82) is 0 Å². The minimum atomic E-state index is -0.246. The predicted molar refractivity (Wildman–Crippen MR) is 131 cm³/mol. The highest BCUT2D eigenvalue weighted by Gasteiger charge is 2.33. The molecule has 2 aromatic heterocycles. The first-order valence-corrected chi connectivity index (χ1v) is 11.8. The quantitative estimate of drug-likeness (QED) is 0.315. The zero-order valence-electron chi connectivity index (χ0n) is 20.7. The van der Waals surface area contributed by atoms with Crippen LogP contribution in [0.15, 0.2) is 71.3 Å². The standard InChI is InChI=1S/C26H28N6O4.ClH/c1-34-21-11-10-20(17-23(21)35-2)24(25-27-28-29-32(25)18-19-7-4-3-5-8-19)30-12-14-31(15-13-30)26(33)22-9-6-16-36-22;/h3-11,16-17,24H,12-15,18H2,1-2H3;1H/p-1. The van der Waals surface area contributed by atoms with Gasteiger partial charge in [-0.1, -0.05) is 36.4 Å². The van der Waals surface area contributed by atoms with Crippen molar-refractivity contribution in [2.75, 3.05) is 40.4 Å². The summed E-state index contributed by atoms with van der Waals surface area (Å²) in [4.78, 5) is 16.9. The van der Waals surface area contributed by atoms with E-state index >= 15 is 0 Å². The van der Waals surface area contributed by atoms with Crippen LogP contribution in [0.4, 0.5) is 0 Å². The molecular formula is C26H28ClN6O4-. The van der Waals surface area contributed by atoms with E-state index in [0.717, 1.165) is 17.0 Å². The molecule has 11 heteroatoms. The summed E-state index contributed by atoms with van der Waals surface area (Å²) in [5.41, 5.74) is 2.08. The first kappa shape index (κ1) is 26.2. The molecule has 0 aliphatic carbocycles. The summed E-state index contributed by atoms with van der Waals surface area (Å²) in [5.74, 6) is 2.26. The average Bonchev–Trinajstić information content (AvgIpc) is 3.62. The summed E-state index contributed by atoms with van der Waals surface area (Å²) in [7, 11) is 3.24. The van der Waals surface area contributed by atoms with Crippen molar-refractivity contribution in [2.24, 2.45) is 0 Å². The number of nitrogens with zero attached hydrogens (tertiary/aromatic N) is 6. The van der Waals surface area contributed by atoms with E-state index in [1.165, 1.54) is 6.26 Å². The lowest BCUT2D eigenvalue weighted by Gasteiger charge is -2.38. The van der Waals surface area contributed by atoms with E-state index in [2.05, 4.69) is 32.6 Å². The Kier molecular flexibility index (Phi) is 8.42. The second kappa shape index (κ2) is 11.9. The summed E-state index contributed by atoms with van der Waals surface area (Å²) in [6.45, 7) is 2.95. The molecule has 37 heavy (non-hydrogen) atoms. The van der Waals surface area contributed by atoms with E-state index in [9.17, 15) is 4.79 Å². The fourth-order valence-corrected chi connectivity index (χ4v) is 4.56. The Labute approximate surface area is 221 Å². The van der Waals surface area contributed by atoms with Gasteiger partial charge in [0.2, 0.25) is 0 Å². The molecule has 1 unspecified atom stereocenters. The monoisotopic (exact) mass is 523 g/mol. The number of carbonyl (C=O) groups is 1. The minimum absolute atomic E-state index is 0. The number of ether oxygens (including phenoxy) is 2. The fraction of sp³-hybridized carbons (Fsp3) is 0.308. The molecule has 4 aromatic rings. The second-order valence-corrected chi connectivity index (χ2v) is 8.50. The largest absolute Gasteiger partial charge is 1.00 e. The molecule has 194 valence electrons. The van der Waals surface area contributed by atoms with Gasteiger partial charge in [0.25, 0.3) is 5.91 Å². The molecule has 2 aromatic carbocycles. The van der Waals surface area contributed by atoms with Crippen molar-refractivity contribution in [3.8, 4) is 11.5 Å². The van der Waals surface area contributed by atoms with Crippen molar-refractivity contribution in [3.05, 3.63) is 89.6 Å². The molecule has 0 bridgehead atoms. The van der Waals surface area contributed by atoms with Gasteiger partial charge in [0.1, 0.15) is 0 Å². The fourth-order valence-electron chi connectivity index (χ4n) is 4.56. The van der Waals surface area contributed by atoms with Gasteiger partial charge in [-0.3, -0.25) is 9.69 Å². The van der Waals surface area contributed by atoms with E-state index in [1.54, 1.807) is 26.4 Å². The van der Waals surface area contributed by atoms with E-state index in [1.807, 2.05) is 46.0 Å². The highest BCUT2D eigenvalue weighted by molar-refractivity contribution is 5.91. The molecule has 0 saturated carbocycles. The number of carbonyl (C=O) groups excluding carboxylic acids is 1. The number of hydrogen-bond acceptors (Lipinski definition) is 8. The van der Waals surface area contributed by atoms with Gasteiger partial charge in [-0.15, -0.1) is 5.10 Å². The number of furan rings is 1. The zero-order chi connectivity index (χ0) is 24.9. The van der Waals surface area contributed by atoms with Gasteiger partial charge in [-0.05, 0) is 45.8 Å². The number of benzene rings is 2. The zero-order valence-corrected chi connectivity index (χ0v) is 21.4. The van der Waals surface area contributed by atoms with Crippen LogP contribution < -0.4 is 21.9 Å². The van der Waals surface area contributed by atoms with Gasteiger partial charge in [0, 0.05) is 26.2 Å². The lowest BCUT2D eigenvalue weighted by Crippen LogP contribution is -3.00. The maximum Gasteiger partial charge on any atom is 0.289 e. The molecular weight excluding hydrogens is 496 g/mol. The molecule has 1 saturated heterocycles. The Balaban J connectivity index is 0.00000320. The highest BCUT2D eigenvalue weighted by atomic mass is 35.5. The molecule has 1 aliphatic rings. The Morgan fingerprint density at radius 2 is 1.73 bits per heavy atom. The molecule has 1 amide bonds. The molecule has 1 fully saturated rings. The van der Waals surface area contributed by atoms with Crippen LogP contribution in [-0.2, 0) is 6.54 Å². The molecule has 0 spiro atoms. The number of methoxy groups -OCH3 is 2. The molecule has 1 aliphatic heterocycles. The van der Waals surface area contributed by atoms with Gasteiger partial charge >= 0.3 is 0 Å². The predicted octanol–water partition coefficient (Wildman–Crippen LogP) is -0.117. The van der Waals surface area contributed by atoms with E-state index in [-0.39, 0.29) is 24.4 Å². The number of tetrazole rings is 1. The molecule has 10 nitrogen and oxygen atoms in total. The summed E-state index contributed by atoms with van der Waals surface area (Å²) >= 11 is 0. The maximum absolute atomic E-state index is 12.8. The van der Waals surface area contributed by atoms with Crippen LogP contribution in [-0.4, -0.2) is 76.3 Å². The smallest absolute Gasteiger partial charge is 0.289 e. The van der Waals surface area contributed by atoms with Crippen molar-refractivity contribution >= 4 is 5.91 Å². The van der Waals surface area contributed by atoms with Crippen molar-refractivity contribution < 1.29 is 31.1 Å². The SMILES string of the molecule is COc1ccc(C(c2nnnn2Cc2ccccc2)N2CCN(C(=O)c3ccco3)CC2)cc1OC.[Cl-]. The normalized spacial score (nSPS) is 14.6. The summed E-state index contributed by atoms with van der Waals surface area (Å²) in [5, 5.41) is 12.8. The molecule has 0 N–H and O–H groups in total. The van der Waals surface area contributed by atoms with Crippen LogP contribution in [0, 0.1) is 0 Å². The third-order valence-electron chi connectivity index (χ3n) is 6.40. The third kappa shape index (κ3) is 5.60. The number of rotatable bonds is 8. The Morgan fingerprint density at radius 1 is 0.973 bits per heavy atom. The Bertz CT molecular complexity index is 1290. The lowest BCUT2D eigenvalue weighted by atomic mass is 10.0. The molecule has 3 heterocycles. The van der Waals surface area contributed by atoms with Gasteiger partial charge < -0.3 is 31.2 Å². The van der Waals surface area contributed by atoms with Gasteiger partial charge in [-0.25, -0.2) is 4.68 Å². The van der Waals surface area contributed by atoms with Crippen LogP contribution in [0.2, 0.25) is 0 Å². The number of piperazine rings is 1. The Hall–Kier alpha value is -3.89. The van der Waals surface area contributed by atoms with Gasteiger partial charge in [-0.2, -0.15) is 0 Å². The first-order valence-electron chi connectivity index (χ1n) is 11.8. The first-order chi connectivity index (χ1) is 17.7. The van der Waals surface area contributed by atoms with Gasteiger partial charge in [0.15, 0.2) is 23.1 Å².